The number of hydrogen-bond donors (Lipinski definition) is 0. The Morgan fingerprint density at radius 1 is 1.00 bits per heavy atom. The van der Waals surface area contributed by atoms with Gasteiger partial charge in [-0.3, -0.25) is 4.90 Å². The molecule has 1 saturated heterocycles. The van der Waals surface area contributed by atoms with Crippen molar-refractivity contribution in [2.45, 2.75) is 88.6 Å². The molecule has 0 aromatic rings. The van der Waals surface area contributed by atoms with Gasteiger partial charge in [-0.25, -0.2) is 0 Å². The summed E-state index contributed by atoms with van der Waals surface area (Å²) in [5, 5.41) is 3.92. The Kier molecular flexibility index (Phi) is 5.28. The number of piperidine rings is 1. The lowest BCUT2D eigenvalue weighted by molar-refractivity contribution is -0.186. The van der Waals surface area contributed by atoms with Gasteiger partial charge in [0.2, 0.25) is 0 Å². The van der Waals surface area contributed by atoms with Crippen LogP contribution >= 0.6 is 0 Å². The van der Waals surface area contributed by atoms with E-state index in [4.69, 9.17) is 12.7 Å². The first-order valence-corrected chi connectivity index (χ1v) is 10.2. The molecule has 2 saturated carbocycles. The Hall–Kier alpha value is -0.715. The fourth-order valence-corrected chi connectivity index (χ4v) is 5.86. The van der Waals surface area contributed by atoms with Gasteiger partial charge in [-0.2, -0.15) is 13.2 Å². The maximum atomic E-state index is 13.0. The standard InChI is InChI=1S/C19H28BF3N2O/c20-18-10-17(26-24-18)13-9-12-3-1-2-4-16(12)25(11-13)15-7-5-14(6-8-15)19(21,22)23/h12-17H,1-11H2. The Bertz CT molecular complexity index is 533. The maximum Gasteiger partial charge on any atom is 0.391 e. The molecule has 7 heteroatoms. The monoisotopic (exact) mass is 368 g/mol. The molecule has 2 aliphatic carbocycles. The first-order chi connectivity index (χ1) is 12.4. The Morgan fingerprint density at radius 3 is 2.38 bits per heavy atom. The number of rotatable bonds is 2. The second-order valence-electron chi connectivity index (χ2n) is 8.78. The SMILES string of the molecule is [B]C1=NOC(C2CC3CCCCC3N(C3CCC(C(F)(F)F)CC3)C2)C1. The predicted molar refractivity (Wildman–Crippen MR) is 95.0 cm³/mol. The molecule has 0 bridgehead atoms. The number of nitrogens with zero attached hydrogens (tertiary/aromatic N) is 2. The van der Waals surface area contributed by atoms with Crippen LogP contribution in [0.2, 0.25) is 0 Å². The van der Waals surface area contributed by atoms with E-state index in [2.05, 4.69) is 10.1 Å². The molecule has 0 amide bonds. The molecule has 26 heavy (non-hydrogen) atoms. The molecular weight excluding hydrogens is 340 g/mol. The van der Waals surface area contributed by atoms with E-state index >= 15 is 0 Å². The molecule has 0 spiro atoms. The molecular formula is C19H28BF3N2O. The van der Waals surface area contributed by atoms with Gasteiger partial charge in [-0.15, -0.1) is 5.16 Å². The second-order valence-corrected chi connectivity index (χ2v) is 8.78. The minimum Gasteiger partial charge on any atom is -0.393 e. The number of alkyl halides is 3. The summed E-state index contributed by atoms with van der Waals surface area (Å²) < 4.78 is 39.1. The van der Waals surface area contributed by atoms with E-state index in [1.165, 1.54) is 25.7 Å². The number of likely N-dealkylation sites (tertiary alicyclic amines) is 1. The van der Waals surface area contributed by atoms with Crippen molar-refractivity contribution < 1.29 is 18.0 Å². The zero-order chi connectivity index (χ0) is 18.3. The lowest BCUT2D eigenvalue weighted by Gasteiger charge is -2.52. The van der Waals surface area contributed by atoms with Crippen molar-refractivity contribution in [3.63, 3.8) is 0 Å². The molecule has 0 aromatic carbocycles. The quantitative estimate of drug-likeness (QED) is 0.681. The second kappa shape index (κ2) is 7.36. The van der Waals surface area contributed by atoms with E-state index in [-0.39, 0.29) is 18.9 Å². The number of fused-ring (bicyclic) bond motifs is 1. The van der Waals surface area contributed by atoms with Gasteiger partial charge in [0.15, 0.2) is 0 Å². The summed E-state index contributed by atoms with van der Waals surface area (Å²) in [5.74, 6) is -0.0689. The highest BCUT2D eigenvalue weighted by atomic mass is 19.4. The van der Waals surface area contributed by atoms with Crippen molar-refractivity contribution in [2.75, 3.05) is 6.54 Å². The van der Waals surface area contributed by atoms with Gasteiger partial charge >= 0.3 is 6.18 Å². The smallest absolute Gasteiger partial charge is 0.391 e. The van der Waals surface area contributed by atoms with E-state index < -0.39 is 12.1 Å². The number of halogens is 3. The topological polar surface area (TPSA) is 24.8 Å². The highest BCUT2D eigenvalue weighted by molar-refractivity contribution is 6.59. The molecule has 144 valence electrons. The van der Waals surface area contributed by atoms with Crippen molar-refractivity contribution >= 4 is 13.5 Å². The minimum atomic E-state index is -4.03. The summed E-state index contributed by atoms with van der Waals surface area (Å²) >= 11 is 0. The normalized spacial score (nSPS) is 42.0. The highest BCUT2D eigenvalue weighted by Crippen LogP contribution is 2.45. The van der Waals surface area contributed by atoms with E-state index in [9.17, 15) is 13.2 Å². The molecule has 4 aliphatic rings. The Balaban J connectivity index is 1.44. The average Bonchev–Trinajstić information content (AvgIpc) is 3.06. The third kappa shape index (κ3) is 3.78. The van der Waals surface area contributed by atoms with Gasteiger partial charge in [-0.1, -0.05) is 12.8 Å². The number of hydrogen-bond acceptors (Lipinski definition) is 3. The molecule has 3 fully saturated rings. The molecule has 2 radical (unpaired) electrons. The van der Waals surface area contributed by atoms with E-state index in [0.29, 0.717) is 48.8 Å². The van der Waals surface area contributed by atoms with Crippen LogP contribution in [0.3, 0.4) is 0 Å². The van der Waals surface area contributed by atoms with Crippen molar-refractivity contribution in [1.29, 1.82) is 0 Å². The number of oxime groups is 1. The first kappa shape index (κ1) is 18.6. The Labute approximate surface area is 155 Å². The molecule has 3 nitrogen and oxygen atoms in total. The molecule has 2 heterocycles. The fourth-order valence-electron chi connectivity index (χ4n) is 5.86. The summed E-state index contributed by atoms with van der Waals surface area (Å²) in [6.07, 6.45) is 4.70. The summed E-state index contributed by atoms with van der Waals surface area (Å²) in [6, 6.07) is 0.841. The molecule has 4 atom stereocenters. The van der Waals surface area contributed by atoms with Crippen LogP contribution in [-0.4, -0.2) is 49.3 Å². The molecule has 2 aliphatic heterocycles. The maximum absolute atomic E-state index is 13.0. The van der Waals surface area contributed by atoms with Crippen LogP contribution in [0.4, 0.5) is 13.2 Å². The zero-order valence-corrected chi connectivity index (χ0v) is 15.3. The van der Waals surface area contributed by atoms with Gasteiger partial charge < -0.3 is 4.84 Å². The van der Waals surface area contributed by atoms with Gasteiger partial charge in [0.1, 0.15) is 14.0 Å². The minimum absolute atomic E-state index is 0.0480. The molecule has 0 N–H and O–H groups in total. The van der Waals surface area contributed by atoms with Crippen LogP contribution in [0.1, 0.15) is 64.2 Å². The van der Waals surface area contributed by atoms with Gasteiger partial charge in [-0.05, 0) is 50.9 Å². The average molecular weight is 368 g/mol. The van der Waals surface area contributed by atoms with E-state index in [1.54, 1.807) is 0 Å². The molecule has 0 aromatic heterocycles. The van der Waals surface area contributed by atoms with Crippen LogP contribution in [0.25, 0.3) is 0 Å². The van der Waals surface area contributed by atoms with Crippen LogP contribution < -0.4 is 0 Å². The first-order valence-electron chi connectivity index (χ1n) is 10.2. The third-order valence-electron chi connectivity index (χ3n) is 7.22. The third-order valence-corrected chi connectivity index (χ3v) is 7.22. The van der Waals surface area contributed by atoms with Crippen molar-refractivity contribution in [2.24, 2.45) is 22.9 Å². The van der Waals surface area contributed by atoms with Gasteiger partial charge in [0.05, 0.1) is 5.92 Å². The van der Waals surface area contributed by atoms with Gasteiger partial charge in [0, 0.05) is 36.6 Å². The van der Waals surface area contributed by atoms with Crippen molar-refractivity contribution in [3.8, 4) is 0 Å². The molecule has 4 unspecified atom stereocenters. The van der Waals surface area contributed by atoms with Crippen LogP contribution in [0, 0.1) is 17.8 Å². The van der Waals surface area contributed by atoms with Crippen molar-refractivity contribution in [1.82, 2.24) is 4.90 Å². The van der Waals surface area contributed by atoms with Crippen LogP contribution in [0.15, 0.2) is 5.16 Å². The van der Waals surface area contributed by atoms with Crippen LogP contribution in [-0.2, 0) is 4.84 Å². The zero-order valence-electron chi connectivity index (χ0n) is 15.3. The van der Waals surface area contributed by atoms with E-state index in [1.807, 2.05) is 0 Å². The largest absolute Gasteiger partial charge is 0.393 e. The summed E-state index contributed by atoms with van der Waals surface area (Å²) in [4.78, 5) is 8.14. The van der Waals surface area contributed by atoms with Gasteiger partial charge in [0.25, 0.3) is 0 Å². The lowest BCUT2D eigenvalue weighted by atomic mass is 9.71. The highest BCUT2D eigenvalue weighted by Gasteiger charge is 2.47. The van der Waals surface area contributed by atoms with Crippen molar-refractivity contribution in [3.05, 3.63) is 0 Å². The summed E-state index contributed by atoms with van der Waals surface area (Å²) in [6.45, 7) is 0.927. The van der Waals surface area contributed by atoms with Crippen LogP contribution in [0.5, 0.6) is 0 Å². The Morgan fingerprint density at radius 2 is 1.73 bits per heavy atom. The fraction of sp³-hybridized carbons (Fsp3) is 0.947. The van der Waals surface area contributed by atoms with E-state index in [0.717, 1.165) is 13.0 Å². The summed E-state index contributed by atoms with van der Waals surface area (Å²) in [7, 11) is 5.80. The lowest BCUT2D eigenvalue weighted by Crippen LogP contribution is -2.56. The predicted octanol–water partition coefficient (Wildman–Crippen LogP) is 4.26. The molecule has 4 rings (SSSR count). The summed E-state index contributed by atoms with van der Waals surface area (Å²) in [5.41, 5.74) is 0.568.